The second-order valence-corrected chi connectivity index (χ2v) is 7.68. The Bertz CT molecular complexity index is 574. The van der Waals surface area contributed by atoms with Crippen LogP contribution in [0.3, 0.4) is 0 Å². The first-order valence-corrected chi connectivity index (χ1v) is 9.33. The molecule has 0 unspecified atom stereocenters. The molecule has 3 amide bonds. The summed E-state index contributed by atoms with van der Waals surface area (Å²) >= 11 is 1.70. The highest BCUT2D eigenvalue weighted by atomic mass is 32.1. The molecular formula is C17H25N3O2S. The molecule has 2 heterocycles. The minimum absolute atomic E-state index is 0.0284. The van der Waals surface area contributed by atoms with Crippen LogP contribution in [-0.2, 0) is 11.3 Å². The van der Waals surface area contributed by atoms with Gasteiger partial charge < -0.3 is 5.32 Å². The Hall–Kier alpha value is -1.40. The molecule has 3 rings (SSSR count). The molecule has 1 N–H and O–H groups in total. The van der Waals surface area contributed by atoms with Crippen LogP contribution >= 0.6 is 11.3 Å². The van der Waals surface area contributed by atoms with E-state index in [9.17, 15) is 9.59 Å². The summed E-state index contributed by atoms with van der Waals surface area (Å²) in [5, 5.41) is 5.07. The van der Waals surface area contributed by atoms with Gasteiger partial charge in [-0.2, -0.15) is 0 Å². The highest BCUT2D eigenvalue weighted by Gasteiger charge is 2.54. The zero-order valence-corrected chi connectivity index (χ0v) is 14.7. The van der Waals surface area contributed by atoms with Crippen molar-refractivity contribution in [2.24, 2.45) is 5.92 Å². The number of amides is 3. The van der Waals surface area contributed by atoms with Gasteiger partial charge in [-0.05, 0) is 36.8 Å². The van der Waals surface area contributed by atoms with Crippen LogP contribution in [0.1, 0.15) is 44.4 Å². The van der Waals surface area contributed by atoms with Gasteiger partial charge in [-0.3, -0.25) is 9.69 Å². The maximum atomic E-state index is 13.0. The van der Waals surface area contributed by atoms with Crippen LogP contribution in [0.25, 0.3) is 0 Å². The van der Waals surface area contributed by atoms with Crippen molar-refractivity contribution in [3.05, 3.63) is 22.4 Å². The zero-order chi connectivity index (χ0) is 16.4. The average molecular weight is 335 g/mol. The molecule has 1 aliphatic heterocycles. The molecule has 23 heavy (non-hydrogen) atoms. The number of imide groups is 1. The third-order valence-corrected chi connectivity index (χ3v) is 6.11. The van der Waals surface area contributed by atoms with E-state index in [0.717, 1.165) is 38.8 Å². The summed E-state index contributed by atoms with van der Waals surface area (Å²) in [6, 6.07) is 3.89. The molecule has 1 aliphatic carbocycles. The smallest absolute Gasteiger partial charge is 0.323 e. The SMILES string of the molecule is CCN(Cc1cccs1)CN1C(=O)N[C@@]2(CCCC[C@H]2C)C1=O. The van der Waals surface area contributed by atoms with Gasteiger partial charge in [0.15, 0.2) is 0 Å². The van der Waals surface area contributed by atoms with E-state index < -0.39 is 5.54 Å². The Morgan fingerprint density at radius 1 is 1.43 bits per heavy atom. The number of carbonyl (C=O) groups is 2. The van der Waals surface area contributed by atoms with Crippen molar-refractivity contribution in [3.63, 3.8) is 0 Å². The monoisotopic (exact) mass is 335 g/mol. The van der Waals surface area contributed by atoms with E-state index >= 15 is 0 Å². The molecule has 126 valence electrons. The standard InChI is InChI=1S/C17H25N3O2S/c1-3-19(11-14-8-6-10-23-14)12-20-15(21)17(18-16(20)22)9-5-4-7-13(17)2/h6,8,10,13H,3-5,7,9,11-12H2,1-2H3,(H,18,22)/t13-,17-/m1/s1. The van der Waals surface area contributed by atoms with Crippen LogP contribution in [-0.4, -0.2) is 40.5 Å². The molecule has 5 nitrogen and oxygen atoms in total. The Labute approximate surface area is 141 Å². The van der Waals surface area contributed by atoms with Crippen molar-refractivity contribution in [1.82, 2.24) is 15.1 Å². The lowest BCUT2D eigenvalue weighted by Gasteiger charge is -2.37. The summed E-state index contributed by atoms with van der Waals surface area (Å²) in [4.78, 5) is 30.2. The van der Waals surface area contributed by atoms with Gasteiger partial charge >= 0.3 is 6.03 Å². The fourth-order valence-corrected chi connectivity index (χ4v) is 4.45. The van der Waals surface area contributed by atoms with Crippen LogP contribution < -0.4 is 5.32 Å². The predicted octanol–water partition coefficient (Wildman–Crippen LogP) is 3.03. The lowest BCUT2D eigenvalue weighted by atomic mass is 9.73. The van der Waals surface area contributed by atoms with E-state index in [-0.39, 0.29) is 17.9 Å². The van der Waals surface area contributed by atoms with Crippen LogP contribution in [0.15, 0.2) is 17.5 Å². The van der Waals surface area contributed by atoms with Crippen molar-refractivity contribution in [2.45, 2.75) is 51.6 Å². The lowest BCUT2D eigenvalue weighted by Crippen LogP contribution is -2.54. The van der Waals surface area contributed by atoms with Crippen molar-refractivity contribution in [3.8, 4) is 0 Å². The van der Waals surface area contributed by atoms with Crippen molar-refractivity contribution >= 4 is 23.3 Å². The summed E-state index contributed by atoms with van der Waals surface area (Å²) in [6.45, 7) is 6.09. The Kier molecular flexibility index (Phi) is 4.73. The van der Waals surface area contributed by atoms with E-state index in [4.69, 9.17) is 0 Å². The molecule has 1 saturated heterocycles. The molecular weight excluding hydrogens is 310 g/mol. The summed E-state index contributed by atoms with van der Waals surface area (Å²) in [7, 11) is 0. The second kappa shape index (κ2) is 6.61. The van der Waals surface area contributed by atoms with Gasteiger partial charge in [-0.25, -0.2) is 9.69 Å². The average Bonchev–Trinajstić information content (AvgIpc) is 3.12. The number of hydrogen-bond donors (Lipinski definition) is 1. The van der Waals surface area contributed by atoms with E-state index in [0.29, 0.717) is 6.67 Å². The number of nitrogens with zero attached hydrogens (tertiary/aromatic N) is 2. The van der Waals surface area contributed by atoms with Crippen LogP contribution in [0.2, 0.25) is 0 Å². The van der Waals surface area contributed by atoms with E-state index in [1.807, 2.05) is 6.07 Å². The Morgan fingerprint density at radius 2 is 2.26 bits per heavy atom. The number of rotatable bonds is 5. The van der Waals surface area contributed by atoms with Gasteiger partial charge in [0, 0.05) is 11.4 Å². The fourth-order valence-electron chi connectivity index (χ4n) is 3.71. The normalized spacial score (nSPS) is 28.0. The largest absolute Gasteiger partial charge is 0.326 e. The van der Waals surface area contributed by atoms with Crippen molar-refractivity contribution < 1.29 is 9.59 Å². The van der Waals surface area contributed by atoms with Gasteiger partial charge in [-0.1, -0.05) is 32.8 Å². The first-order chi connectivity index (χ1) is 11.1. The molecule has 0 radical (unpaired) electrons. The fraction of sp³-hybridized carbons (Fsp3) is 0.647. The maximum absolute atomic E-state index is 13.0. The molecule has 0 aromatic carbocycles. The number of carbonyl (C=O) groups excluding carboxylic acids is 2. The molecule has 2 aliphatic rings. The van der Waals surface area contributed by atoms with Crippen molar-refractivity contribution in [1.29, 1.82) is 0 Å². The number of thiophene rings is 1. The quantitative estimate of drug-likeness (QED) is 0.842. The van der Waals surface area contributed by atoms with Gasteiger partial charge in [0.05, 0.1) is 6.67 Å². The minimum atomic E-state index is -0.655. The molecule has 6 heteroatoms. The van der Waals surface area contributed by atoms with Crippen LogP contribution in [0.4, 0.5) is 4.79 Å². The molecule has 2 atom stereocenters. The van der Waals surface area contributed by atoms with Crippen LogP contribution in [0.5, 0.6) is 0 Å². The molecule has 2 fully saturated rings. The molecule has 1 spiro atoms. The van der Waals surface area contributed by atoms with Gasteiger partial charge in [-0.15, -0.1) is 11.3 Å². The van der Waals surface area contributed by atoms with Gasteiger partial charge in [0.25, 0.3) is 5.91 Å². The van der Waals surface area contributed by atoms with Crippen molar-refractivity contribution in [2.75, 3.05) is 13.2 Å². The van der Waals surface area contributed by atoms with E-state index in [1.165, 1.54) is 9.78 Å². The molecule has 1 saturated carbocycles. The number of urea groups is 1. The summed E-state index contributed by atoms with van der Waals surface area (Å²) in [6.07, 6.45) is 3.93. The Morgan fingerprint density at radius 3 is 2.91 bits per heavy atom. The number of nitrogens with one attached hydrogen (secondary N) is 1. The highest BCUT2D eigenvalue weighted by molar-refractivity contribution is 7.09. The van der Waals surface area contributed by atoms with E-state index in [1.54, 1.807) is 11.3 Å². The number of hydrogen-bond acceptors (Lipinski definition) is 4. The van der Waals surface area contributed by atoms with Gasteiger partial charge in [0.2, 0.25) is 0 Å². The minimum Gasteiger partial charge on any atom is -0.323 e. The Balaban J connectivity index is 1.72. The summed E-state index contributed by atoms with van der Waals surface area (Å²) in [5.41, 5.74) is -0.655. The topological polar surface area (TPSA) is 52.6 Å². The summed E-state index contributed by atoms with van der Waals surface area (Å²) in [5.74, 6) is 0.185. The second-order valence-electron chi connectivity index (χ2n) is 6.65. The first kappa shape index (κ1) is 16.5. The zero-order valence-electron chi connectivity index (χ0n) is 13.9. The molecule has 1 aromatic heterocycles. The van der Waals surface area contributed by atoms with Crippen LogP contribution in [0, 0.1) is 5.92 Å². The lowest BCUT2D eigenvalue weighted by molar-refractivity contribution is -0.135. The third kappa shape index (κ3) is 3.02. The third-order valence-electron chi connectivity index (χ3n) is 5.25. The summed E-state index contributed by atoms with van der Waals surface area (Å²) < 4.78 is 0. The highest BCUT2D eigenvalue weighted by Crippen LogP contribution is 2.38. The van der Waals surface area contributed by atoms with E-state index in [2.05, 4.69) is 35.5 Å². The molecule has 1 aromatic rings. The first-order valence-electron chi connectivity index (χ1n) is 8.45. The van der Waals surface area contributed by atoms with Gasteiger partial charge in [0.1, 0.15) is 5.54 Å². The maximum Gasteiger partial charge on any atom is 0.326 e. The predicted molar refractivity (Wildman–Crippen MR) is 91.0 cm³/mol. The molecule has 0 bridgehead atoms.